The second kappa shape index (κ2) is 8.17. The highest BCUT2D eigenvalue weighted by molar-refractivity contribution is 8.00. The molecule has 0 atom stereocenters. The van der Waals surface area contributed by atoms with E-state index in [1.807, 2.05) is 6.92 Å². The number of nitrogens with zero attached hydrogens (tertiary/aromatic N) is 3. The van der Waals surface area contributed by atoms with E-state index in [1.54, 1.807) is 32.3 Å². The number of pyridine rings is 1. The number of anilines is 1. The Morgan fingerprint density at radius 3 is 2.40 bits per heavy atom. The summed E-state index contributed by atoms with van der Waals surface area (Å²) in [4.78, 5) is 32.5. The van der Waals surface area contributed by atoms with Crippen LogP contribution in [0.1, 0.15) is 26.3 Å². The van der Waals surface area contributed by atoms with Crippen LogP contribution in [0.5, 0.6) is 5.75 Å². The average Bonchev–Trinajstić information content (AvgIpc) is 2.83. The van der Waals surface area contributed by atoms with Crippen LogP contribution < -0.4 is 9.64 Å². The summed E-state index contributed by atoms with van der Waals surface area (Å²) in [5, 5.41) is 0. The van der Waals surface area contributed by atoms with E-state index >= 15 is 0 Å². The Morgan fingerprint density at radius 1 is 1.13 bits per heavy atom. The van der Waals surface area contributed by atoms with Crippen molar-refractivity contribution in [2.45, 2.75) is 43.3 Å². The van der Waals surface area contributed by atoms with Crippen molar-refractivity contribution < 1.29 is 27.5 Å². The standard InChI is InChI=1S/C20H20F3N3O3S/c1-4-29-16-11-24-10-9-13(16)12-25-18(28)26(17(27)19(25,2)3)14-5-7-15(8-6-14)30-20(21,22)23/h5-11H,4,12H2,1-3H3. The average molecular weight is 439 g/mol. The van der Waals surface area contributed by atoms with Crippen molar-refractivity contribution in [1.82, 2.24) is 9.88 Å². The minimum absolute atomic E-state index is 0.0281. The molecule has 0 bridgehead atoms. The number of hydrogen-bond donors (Lipinski definition) is 0. The highest BCUT2D eigenvalue weighted by Gasteiger charge is 2.52. The number of imide groups is 1. The van der Waals surface area contributed by atoms with Crippen LogP contribution in [0.2, 0.25) is 0 Å². The predicted octanol–water partition coefficient (Wildman–Crippen LogP) is 4.84. The number of amides is 3. The largest absolute Gasteiger partial charge is 0.492 e. The van der Waals surface area contributed by atoms with Crippen LogP contribution in [0.3, 0.4) is 0 Å². The van der Waals surface area contributed by atoms with Crippen LogP contribution in [0, 0.1) is 0 Å². The second-order valence-corrected chi connectivity index (χ2v) is 8.16. The van der Waals surface area contributed by atoms with Crippen molar-refractivity contribution in [3.63, 3.8) is 0 Å². The molecule has 0 aliphatic carbocycles. The van der Waals surface area contributed by atoms with Crippen LogP contribution in [-0.2, 0) is 11.3 Å². The zero-order valence-electron chi connectivity index (χ0n) is 16.6. The van der Waals surface area contributed by atoms with Gasteiger partial charge in [-0.3, -0.25) is 9.78 Å². The maximum atomic E-state index is 13.1. The molecule has 10 heteroatoms. The molecule has 160 valence electrons. The lowest BCUT2D eigenvalue weighted by Gasteiger charge is -2.28. The second-order valence-electron chi connectivity index (χ2n) is 7.03. The number of alkyl halides is 3. The van der Waals surface area contributed by atoms with Gasteiger partial charge in [0.1, 0.15) is 11.3 Å². The quantitative estimate of drug-likeness (QED) is 0.476. The lowest BCUT2D eigenvalue weighted by Crippen LogP contribution is -2.43. The number of aromatic nitrogens is 1. The molecule has 3 amide bonds. The van der Waals surface area contributed by atoms with Gasteiger partial charge >= 0.3 is 11.5 Å². The van der Waals surface area contributed by atoms with Crippen LogP contribution in [0.15, 0.2) is 47.6 Å². The number of thioether (sulfide) groups is 1. The Balaban J connectivity index is 1.87. The first-order valence-electron chi connectivity index (χ1n) is 9.12. The highest BCUT2D eigenvalue weighted by atomic mass is 32.2. The number of rotatable bonds is 6. The monoisotopic (exact) mass is 439 g/mol. The van der Waals surface area contributed by atoms with E-state index in [-0.39, 0.29) is 28.9 Å². The fourth-order valence-electron chi connectivity index (χ4n) is 3.12. The minimum atomic E-state index is -4.41. The smallest absolute Gasteiger partial charge is 0.446 e. The molecule has 3 rings (SSSR count). The SMILES string of the molecule is CCOc1cnccc1CN1C(=O)N(c2ccc(SC(F)(F)F)cc2)C(=O)C1(C)C. The van der Waals surface area contributed by atoms with Gasteiger partial charge in [0.2, 0.25) is 0 Å². The van der Waals surface area contributed by atoms with Crippen LogP contribution in [-0.4, -0.2) is 39.5 Å². The van der Waals surface area contributed by atoms with Gasteiger partial charge in [-0.1, -0.05) is 0 Å². The number of carbonyl (C=O) groups is 2. The van der Waals surface area contributed by atoms with Crippen molar-refractivity contribution in [1.29, 1.82) is 0 Å². The summed E-state index contributed by atoms with van der Waals surface area (Å²) >= 11 is -0.257. The van der Waals surface area contributed by atoms with Crippen LogP contribution >= 0.6 is 11.8 Å². The summed E-state index contributed by atoms with van der Waals surface area (Å²) in [7, 11) is 0. The van der Waals surface area contributed by atoms with E-state index < -0.39 is 23.0 Å². The fourth-order valence-corrected chi connectivity index (χ4v) is 3.66. The van der Waals surface area contributed by atoms with Gasteiger partial charge in [0.25, 0.3) is 5.91 Å². The Hall–Kier alpha value is -2.75. The van der Waals surface area contributed by atoms with Crippen molar-refractivity contribution >= 4 is 29.4 Å². The molecule has 1 aliphatic rings. The Labute approximate surface area is 176 Å². The van der Waals surface area contributed by atoms with Crippen molar-refractivity contribution in [3.05, 3.63) is 48.3 Å². The van der Waals surface area contributed by atoms with Crippen molar-refractivity contribution in [3.8, 4) is 5.75 Å². The third kappa shape index (κ3) is 4.38. The Morgan fingerprint density at radius 2 is 1.80 bits per heavy atom. The third-order valence-corrected chi connectivity index (χ3v) is 5.39. The maximum absolute atomic E-state index is 13.1. The molecule has 1 aromatic heterocycles. The van der Waals surface area contributed by atoms with Gasteiger partial charge in [-0.2, -0.15) is 13.2 Å². The van der Waals surface area contributed by atoms with Crippen molar-refractivity contribution in [2.75, 3.05) is 11.5 Å². The Bertz CT molecular complexity index is 948. The number of hydrogen-bond acceptors (Lipinski definition) is 5. The van der Waals surface area contributed by atoms with Crippen LogP contribution in [0.25, 0.3) is 0 Å². The summed E-state index contributed by atoms with van der Waals surface area (Å²) in [5.41, 5.74) is -4.65. The van der Waals surface area contributed by atoms with Gasteiger partial charge in [0.05, 0.1) is 25.0 Å². The first-order chi connectivity index (χ1) is 14.0. The van der Waals surface area contributed by atoms with Gasteiger partial charge < -0.3 is 9.64 Å². The zero-order chi connectivity index (χ0) is 22.1. The predicted molar refractivity (Wildman–Crippen MR) is 106 cm³/mol. The first kappa shape index (κ1) is 21.9. The molecule has 2 heterocycles. The minimum Gasteiger partial charge on any atom is -0.492 e. The molecule has 0 radical (unpaired) electrons. The van der Waals surface area contributed by atoms with Gasteiger partial charge in [-0.05, 0) is 62.9 Å². The summed E-state index contributed by atoms with van der Waals surface area (Å²) < 4.78 is 43.2. The van der Waals surface area contributed by atoms with Crippen molar-refractivity contribution in [2.24, 2.45) is 0 Å². The number of benzene rings is 1. The summed E-state index contributed by atoms with van der Waals surface area (Å²) in [6, 6.07) is 6.30. The summed E-state index contributed by atoms with van der Waals surface area (Å²) in [6.45, 7) is 5.62. The first-order valence-corrected chi connectivity index (χ1v) is 9.94. The van der Waals surface area contributed by atoms with E-state index in [9.17, 15) is 22.8 Å². The Kier molecular flexibility index (Phi) is 5.98. The third-order valence-electron chi connectivity index (χ3n) is 4.65. The molecule has 0 saturated carbocycles. The summed E-state index contributed by atoms with van der Waals surface area (Å²) in [5.74, 6) is 0.0544. The molecule has 0 unspecified atom stereocenters. The highest BCUT2D eigenvalue weighted by Crippen LogP contribution is 2.39. The van der Waals surface area contributed by atoms with Gasteiger partial charge in [0, 0.05) is 16.7 Å². The molecular formula is C20H20F3N3O3S. The van der Waals surface area contributed by atoms with E-state index in [0.717, 1.165) is 4.90 Å². The van der Waals surface area contributed by atoms with E-state index in [2.05, 4.69) is 4.98 Å². The molecule has 2 aromatic rings. The molecule has 1 aliphatic heterocycles. The van der Waals surface area contributed by atoms with Gasteiger partial charge in [-0.15, -0.1) is 0 Å². The number of halogens is 3. The lowest BCUT2D eigenvalue weighted by molar-refractivity contribution is -0.123. The maximum Gasteiger partial charge on any atom is 0.446 e. The molecule has 0 N–H and O–H groups in total. The molecule has 30 heavy (non-hydrogen) atoms. The lowest BCUT2D eigenvalue weighted by atomic mass is 10.0. The number of urea groups is 1. The molecule has 0 spiro atoms. The number of ether oxygens (including phenoxy) is 1. The molecule has 6 nitrogen and oxygen atoms in total. The van der Waals surface area contributed by atoms with Gasteiger partial charge in [0.15, 0.2) is 0 Å². The normalized spacial score (nSPS) is 16.3. The molecule has 1 fully saturated rings. The summed E-state index contributed by atoms with van der Waals surface area (Å²) in [6.07, 6.45) is 3.12. The molecule has 1 aromatic carbocycles. The van der Waals surface area contributed by atoms with Crippen LogP contribution in [0.4, 0.5) is 23.7 Å². The van der Waals surface area contributed by atoms with Gasteiger partial charge in [-0.25, -0.2) is 9.69 Å². The number of carbonyl (C=O) groups excluding carboxylic acids is 2. The van der Waals surface area contributed by atoms with E-state index in [1.165, 1.54) is 29.2 Å². The zero-order valence-corrected chi connectivity index (χ0v) is 17.4. The van der Waals surface area contributed by atoms with E-state index in [4.69, 9.17) is 4.74 Å². The molecular weight excluding hydrogens is 419 g/mol. The fraction of sp³-hybridized carbons (Fsp3) is 0.350. The molecule has 1 saturated heterocycles. The van der Waals surface area contributed by atoms with E-state index in [0.29, 0.717) is 17.9 Å². The topological polar surface area (TPSA) is 62.7 Å².